The molecule has 0 radical (unpaired) electrons. The van der Waals surface area contributed by atoms with Gasteiger partial charge in [-0.3, -0.25) is 9.59 Å². The van der Waals surface area contributed by atoms with E-state index < -0.39 is 0 Å². The molecule has 2 N–H and O–H groups in total. The van der Waals surface area contributed by atoms with E-state index in [2.05, 4.69) is 12.2 Å². The molecule has 182 valence electrons. The molecule has 0 aliphatic heterocycles. The summed E-state index contributed by atoms with van der Waals surface area (Å²) in [6, 6.07) is 16.4. The van der Waals surface area contributed by atoms with Gasteiger partial charge in [0.15, 0.2) is 6.61 Å². The minimum Gasteiger partial charge on any atom is -0.508 e. The van der Waals surface area contributed by atoms with Gasteiger partial charge in [0.25, 0.3) is 11.8 Å². The number of hydrogen-bond acceptors (Lipinski definition) is 4. The van der Waals surface area contributed by atoms with Crippen LogP contribution in [0.15, 0.2) is 60.8 Å². The maximum Gasteiger partial charge on any atom is 0.260 e. The van der Waals surface area contributed by atoms with E-state index in [0.29, 0.717) is 22.8 Å². The fourth-order valence-electron chi connectivity index (χ4n) is 4.08. The first kappa shape index (κ1) is 24.3. The maximum atomic E-state index is 12.8. The van der Waals surface area contributed by atoms with Crippen LogP contribution >= 0.6 is 0 Å². The average Bonchev–Trinajstić information content (AvgIpc) is 3.68. The second kappa shape index (κ2) is 11.1. The summed E-state index contributed by atoms with van der Waals surface area (Å²) in [6.45, 7) is 5.45. The minimum absolute atomic E-state index is 0.0218. The lowest BCUT2D eigenvalue weighted by Gasteiger charge is -2.22. The van der Waals surface area contributed by atoms with E-state index in [0.717, 1.165) is 35.8 Å². The van der Waals surface area contributed by atoms with Crippen molar-refractivity contribution in [3.05, 3.63) is 77.5 Å². The van der Waals surface area contributed by atoms with Crippen molar-refractivity contribution in [3.8, 4) is 11.5 Å². The first-order chi connectivity index (χ1) is 17.0. The van der Waals surface area contributed by atoms with Gasteiger partial charge in [0.2, 0.25) is 0 Å². The lowest BCUT2D eigenvalue weighted by Crippen LogP contribution is -2.37. The van der Waals surface area contributed by atoms with Crippen LogP contribution in [0.3, 0.4) is 0 Å². The van der Waals surface area contributed by atoms with Crippen molar-refractivity contribution >= 4 is 28.7 Å². The summed E-state index contributed by atoms with van der Waals surface area (Å²) in [4.78, 5) is 27.1. The van der Waals surface area contributed by atoms with Gasteiger partial charge in [-0.05, 0) is 79.0 Å². The normalized spacial score (nSPS) is 13.2. The molecule has 0 saturated heterocycles. The summed E-state index contributed by atoms with van der Waals surface area (Å²) in [5.41, 5.74) is 2.04. The molecule has 6 heteroatoms. The Morgan fingerprint density at radius 2 is 1.89 bits per heavy atom. The quantitative estimate of drug-likeness (QED) is 0.421. The molecule has 1 aliphatic carbocycles. The number of ether oxygens (including phenoxy) is 1. The maximum absolute atomic E-state index is 12.8. The van der Waals surface area contributed by atoms with E-state index in [1.54, 1.807) is 25.3 Å². The Morgan fingerprint density at radius 1 is 1.11 bits per heavy atom. The first-order valence-electron chi connectivity index (χ1n) is 12.2. The molecule has 2 amide bonds. The first-order valence-corrected chi connectivity index (χ1v) is 12.2. The van der Waals surface area contributed by atoms with Gasteiger partial charge in [0.05, 0.1) is 0 Å². The zero-order valence-electron chi connectivity index (χ0n) is 20.3. The number of hydrogen-bond donors (Lipinski definition) is 2. The summed E-state index contributed by atoms with van der Waals surface area (Å²) in [5, 5.41) is 14.3. The highest BCUT2D eigenvalue weighted by atomic mass is 16.5. The van der Waals surface area contributed by atoms with Crippen molar-refractivity contribution in [1.29, 1.82) is 0 Å². The third kappa shape index (κ3) is 6.21. The number of phenolic OH excluding ortho intramolecular Hbond substituents is 1. The molecule has 4 rings (SSSR count). The molecule has 0 unspecified atom stereocenters. The molecule has 0 heterocycles. The number of benzene rings is 3. The fraction of sp³-hybridized carbons (Fsp3) is 0.310. The number of aryl methyl sites for hydroxylation is 1. The Balaban J connectivity index is 1.44. The second-order valence-electron chi connectivity index (χ2n) is 9.08. The van der Waals surface area contributed by atoms with Crippen molar-refractivity contribution in [1.82, 2.24) is 10.2 Å². The number of nitrogens with one attached hydrogen (secondary N) is 1. The highest BCUT2D eigenvalue weighted by Crippen LogP contribution is 2.31. The van der Waals surface area contributed by atoms with E-state index in [9.17, 15) is 14.7 Å². The van der Waals surface area contributed by atoms with Crippen molar-refractivity contribution in [3.63, 3.8) is 0 Å². The summed E-state index contributed by atoms with van der Waals surface area (Å²) in [6.07, 6.45) is 6.80. The molecule has 3 aromatic carbocycles. The van der Waals surface area contributed by atoms with Crippen LogP contribution in [0.25, 0.3) is 16.8 Å². The number of nitrogens with zero attached hydrogens (tertiary/aromatic N) is 1. The summed E-state index contributed by atoms with van der Waals surface area (Å²) < 4.78 is 5.98. The molecule has 1 aliphatic rings. The molecule has 0 bridgehead atoms. The smallest absolute Gasteiger partial charge is 0.260 e. The van der Waals surface area contributed by atoms with Crippen LogP contribution in [-0.2, 0) is 4.79 Å². The number of phenols is 1. The van der Waals surface area contributed by atoms with E-state index in [4.69, 9.17) is 4.74 Å². The highest BCUT2D eigenvalue weighted by molar-refractivity contribution is 5.97. The molecule has 35 heavy (non-hydrogen) atoms. The van der Waals surface area contributed by atoms with Gasteiger partial charge in [0, 0.05) is 30.2 Å². The number of fused-ring (bicyclic) bond motifs is 1. The van der Waals surface area contributed by atoms with Crippen molar-refractivity contribution in [2.45, 2.75) is 33.1 Å². The van der Waals surface area contributed by atoms with Gasteiger partial charge in [-0.2, -0.15) is 0 Å². The van der Waals surface area contributed by atoms with Crippen LogP contribution in [0.2, 0.25) is 0 Å². The third-order valence-electron chi connectivity index (χ3n) is 6.23. The van der Waals surface area contributed by atoms with E-state index in [-0.39, 0.29) is 24.2 Å². The zero-order valence-corrected chi connectivity index (χ0v) is 20.3. The molecule has 0 atom stereocenters. The Labute approximate surface area is 206 Å². The molecular weight excluding hydrogens is 440 g/mol. The van der Waals surface area contributed by atoms with Gasteiger partial charge < -0.3 is 20.1 Å². The van der Waals surface area contributed by atoms with Crippen LogP contribution in [-0.4, -0.2) is 41.5 Å². The van der Waals surface area contributed by atoms with Crippen LogP contribution in [0.4, 0.5) is 0 Å². The number of amides is 2. The average molecular weight is 473 g/mol. The summed E-state index contributed by atoms with van der Waals surface area (Å²) in [5.74, 6) is 1.25. The molecule has 0 spiro atoms. The Bertz CT molecular complexity index is 1250. The Hall–Kier alpha value is -3.80. The van der Waals surface area contributed by atoms with Gasteiger partial charge >= 0.3 is 0 Å². The van der Waals surface area contributed by atoms with Crippen molar-refractivity contribution in [2.24, 2.45) is 5.92 Å². The predicted octanol–water partition coefficient (Wildman–Crippen LogP) is 5.28. The van der Waals surface area contributed by atoms with E-state index >= 15 is 0 Å². The fourth-order valence-corrected chi connectivity index (χ4v) is 4.08. The van der Waals surface area contributed by atoms with Crippen molar-refractivity contribution in [2.75, 3.05) is 19.7 Å². The Kier molecular flexibility index (Phi) is 7.70. The number of carbonyl (C=O) groups is 2. The lowest BCUT2D eigenvalue weighted by atomic mass is 10.0. The predicted molar refractivity (Wildman–Crippen MR) is 138 cm³/mol. The molecule has 6 nitrogen and oxygen atoms in total. The zero-order chi connectivity index (χ0) is 24.8. The van der Waals surface area contributed by atoms with Crippen LogP contribution < -0.4 is 10.1 Å². The van der Waals surface area contributed by atoms with Crippen LogP contribution in [0, 0.1) is 12.8 Å². The highest BCUT2D eigenvalue weighted by Gasteiger charge is 2.26. The van der Waals surface area contributed by atoms with Crippen LogP contribution in [0.1, 0.15) is 47.7 Å². The molecule has 1 saturated carbocycles. The van der Waals surface area contributed by atoms with Gasteiger partial charge in [-0.15, -0.1) is 0 Å². The number of aromatic hydroxyl groups is 1. The Morgan fingerprint density at radius 3 is 2.60 bits per heavy atom. The van der Waals surface area contributed by atoms with Crippen LogP contribution in [0.5, 0.6) is 11.5 Å². The van der Waals surface area contributed by atoms with Gasteiger partial charge in [0.1, 0.15) is 11.5 Å². The van der Waals surface area contributed by atoms with Gasteiger partial charge in [-0.25, -0.2) is 0 Å². The SMILES string of the molecule is CCCN(CC1CC1)C(=O)COc1ccc(/C=C/NC(=O)c2ccc(O)c(C)c2)c2ccccc12. The largest absolute Gasteiger partial charge is 0.508 e. The van der Waals surface area contributed by atoms with Crippen molar-refractivity contribution < 1.29 is 19.4 Å². The second-order valence-corrected chi connectivity index (χ2v) is 9.08. The minimum atomic E-state index is -0.255. The lowest BCUT2D eigenvalue weighted by molar-refractivity contribution is -0.133. The number of carbonyl (C=O) groups excluding carboxylic acids is 2. The summed E-state index contributed by atoms with van der Waals surface area (Å²) in [7, 11) is 0. The standard InChI is InChI=1S/C29H32N2O4/c1-3-16-31(18-21-8-9-21)28(33)19-35-27-13-11-22(24-6-4-5-7-25(24)27)14-15-30-29(34)23-10-12-26(32)20(2)17-23/h4-7,10-15,17,21,32H,3,8-9,16,18-19H2,1-2H3,(H,30,34)/b15-14+. The number of rotatable bonds is 10. The summed E-state index contributed by atoms with van der Waals surface area (Å²) >= 11 is 0. The molecular formula is C29H32N2O4. The van der Waals surface area contributed by atoms with E-state index in [1.165, 1.54) is 18.9 Å². The monoisotopic (exact) mass is 472 g/mol. The van der Waals surface area contributed by atoms with Gasteiger partial charge in [-0.1, -0.05) is 37.3 Å². The topological polar surface area (TPSA) is 78.9 Å². The third-order valence-corrected chi connectivity index (χ3v) is 6.23. The molecule has 0 aromatic heterocycles. The molecule has 3 aromatic rings. The molecule has 1 fully saturated rings. The van der Waals surface area contributed by atoms with E-state index in [1.807, 2.05) is 47.4 Å².